The molecule has 3 rings (SSSR count). The Morgan fingerprint density at radius 2 is 1.77 bits per heavy atom. The van der Waals surface area contributed by atoms with E-state index in [4.69, 9.17) is 0 Å². The first-order valence-electron chi connectivity index (χ1n) is 7.60. The third-order valence-corrected chi connectivity index (χ3v) is 3.82. The zero-order chi connectivity index (χ0) is 18.9. The standard InChI is InChI=1S/C17H13F3N4O2/c1-10(24-16(26)13-4-2-3-5-14(13)22-23-24)15(25)21-12-8-6-11(7-9-12)17(18,19)20/h2-10H,1H3,(H,21,25)/t10-/m0/s1. The number of carbonyl (C=O) groups is 1. The lowest BCUT2D eigenvalue weighted by Crippen LogP contribution is -2.34. The fraction of sp³-hybridized carbons (Fsp3) is 0.176. The molecule has 1 aromatic heterocycles. The van der Waals surface area contributed by atoms with Gasteiger partial charge in [-0.2, -0.15) is 17.9 Å². The molecule has 6 nitrogen and oxygen atoms in total. The number of rotatable bonds is 3. The molecule has 1 atom stereocenters. The minimum absolute atomic E-state index is 0.177. The Morgan fingerprint density at radius 3 is 2.42 bits per heavy atom. The first kappa shape index (κ1) is 17.6. The number of benzene rings is 2. The van der Waals surface area contributed by atoms with Crippen molar-refractivity contribution in [3.05, 3.63) is 64.4 Å². The highest BCUT2D eigenvalue weighted by atomic mass is 19.4. The summed E-state index contributed by atoms with van der Waals surface area (Å²) in [5.41, 5.74) is -0.716. The zero-order valence-electron chi connectivity index (χ0n) is 13.5. The maximum absolute atomic E-state index is 12.6. The highest BCUT2D eigenvalue weighted by Gasteiger charge is 2.30. The molecule has 134 valence electrons. The van der Waals surface area contributed by atoms with E-state index in [9.17, 15) is 22.8 Å². The summed E-state index contributed by atoms with van der Waals surface area (Å²) < 4.78 is 38.6. The Hall–Kier alpha value is -3.23. The minimum Gasteiger partial charge on any atom is -0.324 e. The van der Waals surface area contributed by atoms with E-state index in [1.807, 2.05) is 0 Å². The lowest BCUT2D eigenvalue weighted by Gasteiger charge is -2.14. The number of alkyl halides is 3. The van der Waals surface area contributed by atoms with Gasteiger partial charge in [-0.05, 0) is 43.3 Å². The van der Waals surface area contributed by atoms with E-state index < -0.39 is 29.2 Å². The molecule has 0 aliphatic heterocycles. The number of hydrogen-bond acceptors (Lipinski definition) is 4. The van der Waals surface area contributed by atoms with Crippen LogP contribution in [0, 0.1) is 0 Å². The molecule has 0 saturated heterocycles. The summed E-state index contributed by atoms with van der Waals surface area (Å²) >= 11 is 0. The number of anilines is 1. The third kappa shape index (κ3) is 3.41. The first-order valence-corrected chi connectivity index (χ1v) is 7.60. The molecular formula is C17H13F3N4O2. The average molecular weight is 362 g/mol. The second kappa shape index (κ2) is 6.58. The number of halogens is 3. The molecule has 0 radical (unpaired) electrons. The van der Waals surface area contributed by atoms with Crippen LogP contribution in [0.15, 0.2) is 53.3 Å². The smallest absolute Gasteiger partial charge is 0.324 e. The molecule has 1 N–H and O–H groups in total. The molecule has 1 amide bonds. The Bertz CT molecular complexity index is 1010. The predicted molar refractivity (Wildman–Crippen MR) is 88.6 cm³/mol. The van der Waals surface area contributed by atoms with Gasteiger partial charge in [-0.25, -0.2) is 0 Å². The number of nitrogens with zero attached hydrogens (tertiary/aromatic N) is 3. The highest BCUT2D eigenvalue weighted by Crippen LogP contribution is 2.29. The third-order valence-electron chi connectivity index (χ3n) is 3.82. The average Bonchev–Trinajstić information content (AvgIpc) is 2.61. The van der Waals surface area contributed by atoms with Crippen molar-refractivity contribution < 1.29 is 18.0 Å². The van der Waals surface area contributed by atoms with Crippen LogP contribution in [0.3, 0.4) is 0 Å². The molecule has 0 fully saturated rings. The van der Waals surface area contributed by atoms with Gasteiger partial charge in [0.1, 0.15) is 11.6 Å². The first-order chi connectivity index (χ1) is 12.3. The molecule has 26 heavy (non-hydrogen) atoms. The number of hydrogen-bond donors (Lipinski definition) is 1. The van der Waals surface area contributed by atoms with E-state index >= 15 is 0 Å². The van der Waals surface area contributed by atoms with Gasteiger partial charge in [0.25, 0.3) is 5.56 Å². The monoisotopic (exact) mass is 362 g/mol. The van der Waals surface area contributed by atoms with Gasteiger partial charge in [-0.3, -0.25) is 9.59 Å². The summed E-state index contributed by atoms with van der Waals surface area (Å²) in [6.07, 6.45) is -4.45. The summed E-state index contributed by atoms with van der Waals surface area (Å²) in [5, 5.41) is 10.4. The maximum atomic E-state index is 12.6. The van der Waals surface area contributed by atoms with E-state index in [0.29, 0.717) is 10.9 Å². The molecule has 0 aliphatic carbocycles. The number of nitrogens with one attached hydrogen (secondary N) is 1. The predicted octanol–water partition coefficient (Wildman–Crippen LogP) is 3.01. The largest absolute Gasteiger partial charge is 0.416 e. The van der Waals surface area contributed by atoms with Crippen molar-refractivity contribution in [2.45, 2.75) is 19.1 Å². The number of amides is 1. The van der Waals surface area contributed by atoms with Crippen LogP contribution in [-0.4, -0.2) is 20.9 Å². The van der Waals surface area contributed by atoms with Gasteiger partial charge in [0.15, 0.2) is 0 Å². The Balaban J connectivity index is 1.82. The summed E-state index contributed by atoms with van der Waals surface area (Å²) in [4.78, 5) is 24.8. The molecule has 9 heteroatoms. The molecular weight excluding hydrogens is 349 g/mol. The van der Waals surface area contributed by atoms with Crippen LogP contribution in [-0.2, 0) is 11.0 Å². The second-order valence-electron chi connectivity index (χ2n) is 5.60. The van der Waals surface area contributed by atoms with Gasteiger partial charge < -0.3 is 5.32 Å². The molecule has 0 aliphatic rings. The molecule has 2 aromatic carbocycles. The molecule has 3 aromatic rings. The summed E-state index contributed by atoms with van der Waals surface area (Å²) in [6.45, 7) is 1.45. The summed E-state index contributed by atoms with van der Waals surface area (Å²) in [7, 11) is 0. The molecule has 0 unspecified atom stereocenters. The summed E-state index contributed by atoms with van der Waals surface area (Å²) in [6, 6.07) is 9.59. The highest BCUT2D eigenvalue weighted by molar-refractivity contribution is 5.93. The van der Waals surface area contributed by atoms with Gasteiger partial charge >= 0.3 is 6.18 Å². The van der Waals surface area contributed by atoms with Crippen LogP contribution in [0.4, 0.5) is 18.9 Å². The van der Waals surface area contributed by atoms with E-state index in [0.717, 1.165) is 28.9 Å². The van der Waals surface area contributed by atoms with Crippen molar-refractivity contribution in [2.75, 3.05) is 5.32 Å². The van der Waals surface area contributed by atoms with Crippen molar-refractivity contribution in [1.29, 1.82) is 0 Å². The molecule has 1 heterocycles. The number of aromatic nitrogens is 3. The van der Waals surface area contributed by atoms with Crippen LogP contribution in [0.2, 0.25) is 0 Å². The van der Waals surface area contributed by atoms with Gasteiger partial charge in [-0.1, -0.05) is 17.3 Å². The SMILES string of the molecule is C[C@@H](C(=O)Nc1ccc(C(F)(F)F)cc1)n1nnc2ccccc2c1=O. The van der Waals surface area contributed by atoms with Crippen LogP contribution < -0.4 is 10.9 Å². The zero-order valence-corrected chi connectivity index (χ0v) is 13.5. The van der Waals surface area contributed by atoms with E-state index in [-0.39, 0.29) is 5.69 Å². The van der Waals surface area contributed by atoms with Gasteiger partial charge in [0, 0.05) is 5.69 Å². The Kier molecular flexibility index (Phi) is 4.45. The van der Waals surface area contributed by atoms with Crippen molar-refractivity contribution in [3.63, 3.8) is 0 Å². The Morgan fingerprint density at radius 1 is 1.12 bits per heavy atom. The molecule has 0 bridgehead atoms. The van der Waals surface area contributed by atoms with Crippen LogP contribution in [0.5, 0.6) is 0 Å². The second-order valence-corrected chi connectivity index (χ2v) is 5.60. The van der Waals surface area contributed by atoms with E-state index in [1.165, 1.54) is 6.92 Å². The van der Waals surface area contributed by atoms with Crippen LogP contribution in [0.25, 0.3) is 10.9 Å². The number of carbonyl (C=O) groups excluding carboxylic acids is 1. The molecule has 0 saturated carbocycles. The van der Waals surface area contributed by atoms with Gasteiger partial charge in [0.2, 0.25) is 5.91 Å². The lowest BCUT2D eigenvalue weighted by atomic mass is 10.2. The number of fused-ring (bicyclic) bond motifs is 1. The van der Waals surface area contributed by atoms with Crippen molar-refractivity contribution >= 4 is 22.5 Å². The quantitative estimate of drug-likeness (QED) is 0.777. The van der Waals surface area contributed by atoms with Crippen molar-refractivity contribution in [3.8, 4) is 0 Å². The fourth-order valence-electron chi connectivity index (χ4n) is 2.36. The minimum atomic E-state index is -4.45. The van der Waals surface area contributed by atoms with Crippen LogP contribution in [0.1, 0.15) is 18.5 Å². The fourth-order valence-corrected chi connectivity index (χ4v) is 2.36. The van der Waals surface area contributed by atoms with E-state index in [1.54, 1.807) is 24.3 Å². The van der Waals surface area contributed by atoms with E-state index in [2.05, 4.69) is 15.6 Å². The maximum Gasteiger partial charge on any atom is 0.416 e. The topological polar surface area (TPSA) is 76.9 Å². The lowest BCUT2D eigenvalue weighted by molar-refractivity contribution is -0.137. The van der Waals surface area contributed by atoms with Crippen LogP contribution >= 0.6 is 0 Å². The normalized spacial score (nSPS) is 12.8. The van der Waals surface area contributed by atoms with Crippen molar-refractivity contribution in [2.24, 2.45) is 0 Å². The van der Waals surface area contributed by atoms with Gasteiger partial charge in [0.05, 0.1) is 10.9 Å². The summed E-state index contributed by atoms with van der Waals surface area (Å²) in [5.74, 6) is -0.601. The van der Waals surface area contributed by atoms with Crippen molar-refractivity contribution in [1.82, 2.24) is 15.0 Å². The molecule has 0 spiro atoms. The van der Waals surface area contributed by atoms with Gasteiger partial charge in [-0.15, -0.1) is 5.10 Å². The Labute approximate surface area is 145 Å².